The van der Waals surface area contributed by atoms with E-state index in [1.165, 1.54) is 6.42 Å². The van der Waals surface area contributed by atoms with Crippen molar-refractivity contribution in [1.29, 1.82) is 0 Å². The number of hydrogen-bond acceptors (Lipinski definition) is 4. The minimum absolute atomic E-state index is 0.00688. The lowest BCUT2D eigenvalue weighted by Gasteiger charge is -2.32. The first-order chi connectivity index (χ1) is 13.4. The summed E-state index contributed by atoms with van der Waals surface area (Å²) in [6.45, 7) is 6.94. The number of sulfonamides is 1. The van der Waals surface area contributed by atoms with Gasteiger partial charge in [0.2, 0.25) is 15.9 Å². The van der Waals surface area contributed by atoms with Crippen molar-refractivity contribution in [2.75, 3.05) is 26.2 Å². The Labute approximate surface area is 169 Å². The molecule has 2 saturated heterocycles. The fourth-order valence-corrected chi connectivity index (χ4v) is 5.63. The first-order valence-corrected chi connectivity index (χ1v) is 11.9. The monoisotopic (exact) mass is 407 g/mol. The van der Waals surface area contributed by atoms with E-state index in [1.54, 1.807) is 16.4 Å². The Bertz CT molecular complexity index is 756. The number of rotatable bonds is 6. The van der Waals surface area contributed by atoms with Gasteiger partial charge in [-0.25, -0.2) is 13.4 Å². The van der Waals surface area contributed by atoms with Crippen LogP contribution in [0.25, 0.3) is 0 Å². The molecule has 3 rings (SSSR count). The lowest BCUT2D eigenvalue weighted by Crippen LogP contribution is -2.47. The van der Waals surface area contributed by atoms with Crippen molar-refractivity contribution < 1.29 is 13.2 Å². The highest BCUT2D eigenvalue weighted by Crippen LogP contribution is 2.26. The van der Waals surface area contributed by atoms with Gasteiger partial charge in [0, 0.05) is 32.6 Å². The molecule has 28 heavy (non-hydrogen) atoms. The Morgan fingerprint density at radius 1 is 1.07 bits per heavy atom. The van der Waals surface area contributed by atoms with Gasteiger partial charge in [0.25, 0.3) is 0 Å². The third kappa shape index (κ3) is 5.33. The van der Waals surface area contributed by atoms with E-state index in [9.17, 15) is 13.2 Å². The number of carbonyl (C=O) groups excluding carboxylic acids is 1. The molecule has 1 aromatic carbocycles. The van der Waals surface area contributed by atoms with Crippen LogP contribution >= 0.6 is 0 Å². The highest BCUT2D eigenvalue weighted by atomic mass is 32.2. The second-order valence-electron chi connectivity index (χ2n) is 8.38. The molecule has 1 amide bonds. The number of hydrazine groups is 1. The highest BCUT2D eigenvalue weighted by molar-refractivity contribution is 7.89. The number of nitrogens with zero attached hydrogens (tertiary/aromatic N) is 2. The van der Waals surface area contributed by atoms with Gasteiger partial charge < -0.3 is 0 Å². The molecule has 6 nitrogen and oxygen atoms in total. The lowest BCUT2D eigenvalue weighted by atomic mass is 9.96. The van der Waals surface area contributed by atoms with E-state index in [-0.39, 0.29) is 11.8 Å². The Hall–Kier alpha value is -1.44. The second kappa shape index (κ2) is 9.37. The summed E-state index contributed by atoms with van der Waals surface area (Å²) in [7, 11) is -3.51. The van der Waals surface area contributed by atoms with Crippen molar-refractivity contribution in [3.05, 3.63) is 29.8 Å². The Morgan fingerprint density at radius 3 is 2.39 bits per heavy atom. The summed E-state index contributed by atoms with van der Waals surface area (Å²) < 4.78 is 27.6. The van der Waals surface area contributed by atoms with Gasteiger partial charge in [-0.15, -0.1) is 0 Å². The van der Waals surface area contributed by atoms with E-state index in [4.69, 9.17) is 0 Å². The van der Waals surface area contributed by atoms with E-state index in [0.29, 0.717) is 30.3 Å². The van der Waals surface area contributed by atoms with Gasteiger partial charge >= 0.3 is 0 Å². The summed E-state index contributed by atoms with van der Waals surface area (Å²) in [5, 5.41) is 2.00. The molecule has 2 fully saturated rings. The number of amides is 1. The SMILES string of the molecule is CC(C)c1ccc(S(=O)(=O)N2CCCC(CC(=O)NN3CCCCC3)C2)cc1. The van der Waals surface area contributed by atoms with Crippen molar-refractivity contribution in [2.45, 2.75) is 63.2 Å². The second-order valence-corrected chi connectivity index (χ2v) is 10.3. The number of nitrogens with one attached hydrogen (secondary N) is 1. The fourth-order valence-electron chi connectivity index (χ4n) is 4.08. The van der Waals surface area contributed by atoms with E-state index in [2.05, 4.69) is 19.3 Å². The molecule has 1 unspecified atom stereocenters. The molecule has 0 radical (unpaired) electrons. The van der Waals surface area contributed by atoms with Crippen molar-refractivity contribution >= 4 is 15.9 Å². The van der Waals surface area contributed by atoms with E-state index in [0.717, 1.165) is 44.3 Å². The molecule has 2 aliphatic rings. The maximum atomic E-state index is 13.0. The summed E-state index contributed by atoms with van der Waals surface area (Å²) >= 11 is 0. The minimum Gasteiger partial charge on any atom is -0.289 e. The van der Waals surface area contributed by atoms with Crippen LogP contribution in [-0.4, -0.2) is 49.8 Å². The van der Waals surface area contributed by atoms with Crippen LogP contribution in [-0.2, 0) is 14.8 Å². The van der Waals surface area contributed by atoms with Crippen molar-refractivity contribution in [2.24, 2.45) is 5.92 Å². The minimum atomic E-state index is -3.51. The predicted octanol–water partition coefficient (Wildman–Crippen LogP) is 3.12. The van der Waals surface area contributed by atoms with Gasteiger partial charge in [-0.2, -0.15) is 4.31 Å². The van der Waals surface area contributed by atoms with Crippen LogP contribution < -0.4 is 5.43 Å². The number of hydrogen-bond donors (Lipinski definition) is 1. The topological polar surface area (TPSA) is 69.7 Å². The third-order valence-corrected chi connectivity index (χ3v) is 7.66. The average molecular weight is 408 g/mol. The molecule has 2 aliphatic heterocycles. The van der Waals surface area contributed by atoms with E-state index >= 15 is 0 Å². The van der Waals surface area contributed by atoms with Crippen LogP contribution in [0.15, 0.2) is 29.2 Å². The molecule has 0 saturated carbocycles. The van der Waals surface area contributed by atoms with Gasteiger partial charge in [0.15, 0.2) is 0 Å². The first-order valence-electron chi connectivity index (χ1n) is 10.5. The molecular weight excluding hydrogens is 374 g/mol. The van der Waals surface area contributed by atoms with Gasteiger partial charge in [0.1, 0.15) is 0 Å². The molecule has 0 bridgehead atoms. The Morgan fingerprint density at radius 2 is 1.75 bits per heavy atom. The lowest BCUT2D eigenvalue weighted by molar-refractivity contribution is -0.127. The molecule has 0 spiro atoms. The third-order valence-electron chi connectivity index (χ3n) is 5.78. The molecule has 2 heterocycles. The molecule has 1 N–H and O–H groups in total. The van der Waals surface area contributed by atoms with Gasteiger partial charge in [-0.05, 0) is 55.2 Å². The fraction of sp³-hybridized carbons (Fsp3) is 0.667. The molecule has 156 valence electrons. The summed E-state index contributed by atoms with van der Waals surface area (Å²) in [4.78, 5) is 12.7. The summed E-state index contributed by atoms with van der Waals surface area (Å²) in [6, 6.07) is 7.20. The first kappa shape index (κ1) is 21.3. The molecule has 1 aromatic rings. The normalized spacial score (nSPS) is 22.3. The van der Waals surface area contributed by atoms with Crippen LogP contribution in [0.4, 0.5) is 0 Å². The van der Waals surface area contributed by atoms with E-state index in [1.807, 2.05) is 17.1 Å². The van der Waals surface area contributed by atoms with Gasteiger partial charge in [-0.1, -0.05) is 32.4 Å². The predicted molar refractivity (Wildman–Crippen MR) is 110 cm³/mol. The van der Waals surface area contributed by atoms with Crippen LogP contribution in [0.2, 0.25) is 0 Å². The quantitative estimate of drug-likeness (QED) is 0.787. The van der Waals surface area contributed by atoms with Crippen molar-refractivity contribution in [3.8, 4) is 0 Å². The maximum absolute atomic E-state index is 13.0. The van der Waals surface area contributed by atoms with Crippen molar-refractivity contribution in [1.82, 2.24) is 14.7 Å². The molecule has 0 aromatic heterocycles. The van der Waals surface area contributed by atoms with Crippen LogP contribution in [0, 0.1) is 5.92 Å². The Balaban J connectivity index is 1.59. The molecular formula is C21H33N3O3S. The zero-order valence-corrected chi connectivity index (χ0v) is 17.9. The van der Waals surface area contributed by atoms with Crippen LogP contribution in [0.5, 0.6) is 0 Å². The van der Waals surface area contributed by atoms with Crippen LogP contribution in [0.3, 0.4) is 0 Å². The summed E-state index contributed by atoms with van der Waals surface area (Å²) in [5.74, 6) is 0.449. The Kier molecular flexibility index (Phi) is 7.12. The molecule has 1 atom stereocenters. The smallest absolute Gasteiger partial charge is 0.243 e. The standard InChI is InChI=1S/C21H33N3O3S/c1-17(2)19-8-10-20(11-9-19)28(26,27)24-14-6-7-18(16-24)15-21(25)22-23-12-4-3-5-13-23/h8-11,17-18H,3-7,12-16H2,1-2H3,(H,22,25). The van der Waals surface area contributed by atoms with Crippen molar-refractivity contribution in [3.63, 3.8) is 0 Å². The maximum Gasteiger partial charge on any atom is 0.243 e. The highest BCUT2D eigenvalue weighted by Gasteiger charge is 2.31. The van der Waals surface area contributed by atoms with Gasteiger partial charge in [0.05, 0.1) is 4.90 Å². The number of piperidine rings is 2. The van der Waals surface area contributed by atoms with Crippen LogP contribution in [0.1, 0.15) is 63.9 Å². The summed E-state index contributed by atoms with van der Waals surface area (Å²) in [6.07, 6.45) is 5.53. The number of benzene rings is 1. The molecule has 7 heteroatoms. The zero-order valence-electron chi connectivity index (χ0n) is 17.1. The van der Waals surface area contributed by atoms with Gasteiger partial charge in [-0.3, -0.25) is 10.2 Å². The molecule has 0 aliphatic carbocycles. The average Bonchev–Trinajstić information content (AvgIpc) is 2.69. The zero-order chi connectivity index (χ0) is 20.1. The van der Waals surface area contributed by atoms with E-state index < -0.39 is 10.0 Å². The largest absolute Gasteiger partial charge is 0.289 e. The number of carbonyl (C=O) groups is 1. The summed E-state index contributed by atoms with van der Waals surface area (Å²) in [5.41, 5.74) is 4.12.